The zero-order chi connectivity index (χ0) is 22.2. The molecule has 0 spiro atoms. The summed E-state index contributed by atoms with van der Waals surface area (Å²) in [7, 11) is 1.65. The fourth-order valence-electron chi connectivity index (χ4n) is 4.18. The zero-order valence-electron chi connectivity index (χ0n) is 19.1. The molecule has 0 aliphatic carbocycles. The van der Waals surface area contributed by atoms with Crippen LogP contribution in [0.4, 0.5) is 11.4 Å². The molecule has 168 valence electrons. The van der Waals surface area contributed by atoms with Gasteiger partial charge in [0.2, 0.25) is 5.91 Å². The third-order valence-corrected chi connectivity index (χ3v) is 6.05. The van der Waals surface area contributed by atoms with E-state index in [1.165, 1.54) is 5.56 Å². The number of anilines is 2. The lowest BCUT2D eigenvalue weighted by atomic mass is 10.1. The molecule has 1 unspecified atom stereocenters. The number of carbonyl (C=O) groups is 1. The Morgan fingerprint density at radius 1 is 1.03 bits per heavy atom. The van der Waals surface area contributed by atoms with Crippen LogP contribution in [0.15, 0.2) is 48.5 Å². The van der Waals surface area contributed by atoms with E-state index >= 15 is 0 Å². The number of ether oxygens (including phenoxy) is 1. The first kappa shape index (κ1) is 23.1. The van der Waals surface area contributed by atoms with Crippen molar-refractivity contribution in [2.24, 2.45) is 0 Å². The summed E-state index contributed by atoms with van der Waals surface area (Å²) in [6.45, 7) is 10.2. The number of rotatable bonds is 9. The predicted octanol–water partition coefficient (Wildman–Crippen LogP) is 3.27. The van der Waals surface area contributed by atoms with Gasteiger partial charge in [-0.25, -0.2) is 0 Å². The largest absolute Gasteiger partial charge is 0.497 e. The zero-order valence-corrected chi connectivity index (χ0v) is 19.1. The molecule has 0 saturated carbocycles. The number of amides is 1. The van der Waals surface area contributed by atoms with Gasteiger partial charge in [0.1, 0.15) is 5.75 Å². The van der Waals surface area contributed by atoms with E-state index in [2.05, 4.69) is 28.9 Å². The summed E-state index contributed by atoms with van der Waals surface area (Å²) in [5, 5.41) is 0. The number of benzene rings is 2. The molecule has 2 N–H and O–H groups in total. The molecule has 6 heteroatoms. The van der Waals surface area contributed by atoms with Crippen LogP contribution in [0, 0.1) is 0 Å². The van der Waals surface area contributed by atoms with Gasteiger partial charge < -0.3 is 20.3 Å². The summed E-state index contributed by atoms with van der Waals surface area (Å²) >= 11 is 0. The summed E-state index contributed by atoms with van der Waals surface area (Å²) < 4.78 is 5.26. The molecular weight excluding hydrogens is 388 g/mol. The normalized spacial score (nSPS) is 16.1. The number of carbonyl (C=O) groups excluding carboxylic acids is 1. The molecular formula is C25H36N4O2. The fourth-order valence-corrected chi connectivity index (χ4v) is 4.18. The van der Waals surface area contributed by atoms with E-state index in [9.17, 15) is 4.79 Å². The van der Waals surface area contributed by atoms with Gasteiger partial charge in [-0.3, -0.25) is 9.69 Å². The molecule has 2 aromatic carbocycles. The van der Waals surface area contributed by atoms with E-state index in [4.69, 9.17) is 10.5 Å². The number of nitrogens with two attached hydrogens (primary N) is 1. The molecule has 3 rings (SSSR count). The Balaban J connectivity index is 1.51. The van der Waals surface area contributed by atoms with Gasteiger partial charge in [-0.15, -0.1) is 0 Å². The quantitative estimate of drug-likeness (QED) is 0.626. The molecule has 6 nitrogen and oxygen atoms in total. The monoisotopic (exact) mass is 424 g/mol. The van der Waals surface area contributed by atoms with Gasteiger partial charge in [0.15, 0.2) is 0 Å². The lowest BCUT2D eigenvalue weighted by Crippen LogP contribution is -2.52. The van der Waals surface area contributed by atoms with Gasteiger partial charge in [0.05, 0.1) is 7.11 Å². The highest BCUT2D eigenvalue weighted by Gasteiger charge is 2.25. The lowest BCUT2D eigenvalue weighted by molar-refractivity contribution is -0.118. The summed E-state index contributed by atoms with van der Waals surface area (Å²) in [6.07, 6.45) is 1.54. The van der Waals surface area contributed by atoms with Crippen molar-refractivity contribution in [1.82, 2.24) is 9.80 Å². The maximum absolute atomic E-state index is 12.7. The molecule has 31 heavy (non-hydrogen) atoms. The Morgan fingerprint density at radius 2 is 1.65 bits per heavy atom. The van der Waals surface area contributed by atoms with Crippen LogP contribution in [-0.2, 0) is 11.2 Å². The summed E-state index contributed by atoms with van der Waals surface area (Å²) in [6, 6.07) is 16.1. The van der Waals surface area contributed by atoms with E-state index in [1.807, 2.05) is 48.2 Å². The smallest absolute Gasteiger partial charge is 0.226 e. The van der Waals surface area contributed by atoms with Gasteiger partial charge in [0.25, 0.3) is 0 Å². The fraction of sp³-hybridized carbons (Fsp3) is 0.480. The number of nitrogen functional groups attached to an aromatic ring is 1. The Hall–Kier alpha value is -2.57. The first-order valence-electron chi connectivity index (χ1n) is 11.3. The molecule has 1 atom stereocenters. The number of piperazine rings is 1. The van der Waals surface area contributed by atoms with Crippen LogP contribution in [0.1, 0.15) is 25.8 Å². The number of hydrogen-bond acceptors (Lipinski definition) is 5. The van der Waals surface area contributed by atoms with Crippen molar-refractivity contribution in [3.05, 3.63) is 54.1 Å². The van der Waals surface area contributed by atoms with Crippen molar-refractivity contribution in [1.29, 1.82) is 0 Å². The highest BCUT2D eigenvalue weighted by Crippen LogP contribution is 2.23. The molecule has 1 fully saturated rings. The van der Waals surface area contributed by atoms with E-state index in [1.54, 1.807) is 7.11 Å². The Bertz CT molecular complexity index is 814. The van der Waals surface area contributed by atoms with Gasteiger partial charge in [-0.2, -0.15) is 0 Å². The first-order valence-corrected chi connectivity index (χ1v) is 11.3. The number of methoxy groups -OCH3 is 1. The molecule has 2 aromatic rings. The van der Waals surface area contributed by atoms with Gasteiger partial charge in [-0.1, -0.05) is 19.1 Å². The summed E-state index contributed by atoms with van der Waals surface area (Å²) in [4.78, 5) is 19.6. The van der Waals surface area contributed by atoms with Crippen molar-refractivity contribution in [2.45, 2.75) is 32.7 Å². The van der Waals surface area contributed by atoms with Crippen LogP contribution in [0.3, 0.4) is 0 Å². The SMILES string of the molecule is CCC(=O)N(c1ccc(OC)cc1)C(C)CN1CCN(CCc2ccc(N)cc2)CC1. The van der Waals surface area contributed by atoms with Crippen molar-refractivity contribution >= 4 is 17.3 Å². The van der Waals surface area contributed by atoms with E-state index in [0.29, 0.717) is 6.42 Å². The lowest BCUT2D eigenvalue weighted by Gasteiger charge is -2.38. The Kier molecular flexibility index (Phi) is 8.32. The first-order chi connectivity index (χ1) is 15.0. The van der Waals surface area contributed by atoms with Crippen molar-refractivity contribution in [2.75, 3.05) is 57.0 Å². The molecule has 1 aliphatic heterocycles. The van der Waals surface area contributed by atoms with E-state index < -0.39 is 0 Å². The van der Waals surface area contributed by atoms with Crippen molar-refractivity contribution < 1.29 is 9.53 Å². The van der Waals surface area contributed by atoms with Gasteiger partial charge in [0, 0.05) is 63.1 Å². The Labute approximate surface area is 186 Å². The minimum atomic E-state index is 0.113. The molecule has 0 radical (unpaired) electrons. The maximum Gasteiger partial charge on any atom is 0.226 e. The van der Waals surface area contributed by atoms with Crippen molar-refractivity contribution in [3.63, 3.8) is 0 Å². The van der Waals surface area contributed by atoms with Crippen LogP contribution in [0.2, 0.25) is 0 Å². The topological polar surface area (TPSA) is 62.0 Å². The van der Waals surface area contributed by atoms with Gasteiger partial charge in [-0.05, 0) is 55.3 Å². The van der Waals surface area contributed by atoms with Crippen LogP contribution in [0.25, 0.3) is 0 Å². The van der Waals surface area contributed by atoms with Crippen LogP contribution < -0.4 is 15.4 Å². The maximum atomic E-state index is 12.7. The minimum Gasteiger partial charge on any atom is -0.497 e. The second kappa shape index (κ2) is 11.2. The second-order valence-electron chi connectivity index (χ2n) is 8.30. The molecule has 0 bridgehead atoms. The highest BCUT2D eigenvalue weighted by atomic mass is 16.5. The average molecular weight is 425 g/mol. The summed E-state index contributed by atoms with van der Waals surface area (Å²) in [5.41, 5.74) is 8.85. The third kappa shape index (κ3) is 6.45. The van der Waals surface area contributed by atoms with Crippen LogP contribution >= 0.6 is 0 Å². The number of hydrogen-bond donors (Lipinski definition) is 1. The summed E-state index contributed by atoms with van der Waals surface area (Å²) in [5.74, 6) is 0.954. The van der Waals surface area contributed by atoms with E-state index in [-0.39, 0.29) is 11.9 Å². The molecule has 1 aliphatic rings. The second-order valence-corrected chi connectivity index (χ2v) is 8.30. The van der Waals surface area contributed by atoms with Crippen LogP contribution in [0.5, 0.6) is 5.75 Å². The Morgan fingerprint density at radius 3 is 2.23 bits per heavy atom. The predicted molar refractivity (Wildman–Crippen MR) is 128 cm³/mol. The molecule has 1 amide bonds. The van der Waals surface area contributed by atoms with Crippen LogP contribution in [-0.4, -0.2) is 68.1 Å². The molecule has 1 saturated heterocycles. The van der Waals surface area contributed by atoms with Gasteiger partial charge >= 0.3 is 0 Å². The molecule has 1 heterocycles. The van der Waals surface area contributed by atoms with Crippen molar-refractivity contribution in [3.8, 4) is 5.75 Å². The average Bonchev–Trinajstić information content (AvgIpc) is 2.80. The minimum absolute atomic E-state index is 0.113. The highest BCUT2D eigenvalue weighted by molar-refractivity contribution is 5.93. The number of nitrogens with zero attached hydrogens (tertiary/aromatic N) is 3. The third-order valence-electron chi connectivity index (χ3n) is 6.05. The standard InChI is InChI=1S/C25H36N4O2/c1-4-25(30)29(23-9-11-24(31-3)12-10-23)20(2)19-28-17-15-27(16-18-28)14-13-21-5-7-22(26)8-6-21/h5-12,20H,4,13-19,26H2,1-3H3. The van der Waals surface area contributed by atoms with E-state index in [0.717, 1.165) is 62.8 Å². The molecule has 0 aromatic heterocycles.